The van der Waals surface area contributed by atoms with Crippen LogP contribution in [0.1, 0.15) is 29.9 Å². The number of carbonyl (C=O) groups excluding carboxylic acids is 1. The summed E-state index contributed by atoms with van der Waals surface area (Å²) in [6.45, 7) is 10.8. The molecule has 0 bridgehead atoms. The van der Waals surface area contributed by atoms with E-state index in [9.17, 15) is 4.79 Å². The maximum atomic E-state index is 13.0. The fourth-order valence-electron chi connectivity index (χ4n) is 4.19. The predicted molar refractivity (Wildman–Crippen MR) is 149 cm³/mol. The van der Waals surface area contributed by atoms with Crippen LogP contribution in [0.25, 0.3) is 11.3 Å². The van der Waals surface area contributed by atoms with E-state index in [1.165, 1.54) is 0 Å². The van der Waals surface area contributed by atoms with Crippen molar-refractivity contribution in [2.75, 3.05) is 44.7 Å². The summed E-state index contributed by atoms with van der Waals surface area (Å²) in [5.74, 6) is -0.0520. The normalized spacial score (nSPS) is 11.2. The number of likely N-dealkylation sites (N-methyl/N-ethyl adjacent to an activating group) is 2. The Morgan fingerprint density at radius 1 is 1.00 bits per heavy atom. The molecule has 0 aliphatic rings. The van der Waals surface area contributed by atoms with Crippen molar-refractivity contribution in [3.05, 3.63) is 74.9 Å². The average Bonchev–Trinajstić information content (AvgIpc) is 3.19. The third kappa shape index (κ3) is 6.73. The van der Waals surface area contributed by atoms with E-state index in [1.807, 2.05) is 56.4 Å². The molecule has 0 spiro atoms. The van der Waals surface area contributed by atoms with Gasteiger partial charge < -0.3 is 19.7 Å². The molecular weight excluding hydrogens is 503 g/mol. The third-order valence-corrected chi connectivity index (χ3v) is 7.38. The van der Waals surface area contributed by atoms with Gasteiger partial charge in [0.15, 0.2) is 0 Å². The van der Waals surface area contributed by atoms with Gasteiger partial charge in [-0.15, -0.1) is 0 Å². The van der Waals surface area contributed by atoms with Gasteiger partial charge in [-0.3, -0.25) is 4.79 Å². The van der Waals surface area contributed by atoms with Crippen LogP contribution in [0, 0.1) is 6.92 Å². The maximum absolute atomic E-state index is 13.0. The summed E-state index contributed by atoms with van der Waals surface area (Å²) < 4.78 is 2.16. The molecule has 0 aliphatic carbocycles. The van der Waals surface area contributed by atoms with Crippen LogP contribution >= 0.6 is 34.8 Å². The molecule has 0 unspecified atom stereocenters. The van der Waals surface area contributed by atoms with E-state index in [0.717, 1.165) is 55.4 Å². The van der Waals surface area contributed by atoms with Gasteiger partial charge in [0.2, 0.25) is 0 Å². The van der Waals surface area contributed by atoms with Crippen molar-refractivity contribution in [3.8, 4) is 11.3 Å². The van der Waals surface area contributed by atoms with E-state index in [0.29, 0.717) is 27.2 Å². The SMILES string of the molecule is CCN(CCNC(=O)c1cc(-c2ccc(Cl)cc2)n(CC)c1C)CCN(C)c1cccc(Cl)c1Cl. The van der Waals surface area contributed by atoms with Gasteiger partial charge >= 0.3 is 0 Å². The van der Waals surface area contributed by atoms with E-state index in [-0.39, 0.29) is 5.91 Å². The van der Waals surface area contributed by atoms with E-state index >= 15 is 0 Å². The lowest BCUT2D eigenvalue weighted by Crippen LogP contribution is -2.39. The van der Waals surface area contributed by atoms with Crippen molar-refractivity contribution >= 4 is 46.4 Å². The summed E-state index contributed by atoms with van der Waals surface area (Å²) in [5, 5.41) is 4.92. The maximum Gasteiger partial charge on any atom is 0.253 e. The van der Waals surface area contributed by atoms with Gasteiger partial charge in [-0.05, 0) is 56.3 Å². The summed E-state index contributed by atoms with van der Waals surface area (Å²) in [5.41, 5.74) is 4.64. The standard InChI is InChI=1S/C27H33Cl3N4O/c1-5-33(17-16-32(4)24-9-7-8-23(29)26(24)30)15-14-31-27(35)22-18-25(34(6-2)19(22)3)20-10-12-21(28)13-11-20/h7-13,18H,5-6,14-17H2,1-4H3,(H,31,35). The van der Waals surface area contributed by atoms with Crippen LogP contribution < -0.4 is 10.2 Å². The number of amides is 1. The molecule has 0 saturated carbocycles. The highest BCUT2D eigenvalue weighted by Gasteiger charge is 2.18. The zero-order chi connectivity index (χ0) is 25.5. The van der Waals surface area contributed by atoms with Gasteiger partial charge in [-0.25, -0.2) is 0 Å². The summed E-state index contributed by atoms with van der Waals surface area (Å²) in [7, 11) is 2.01. The van der Waals surface area contributed by atoms with E-state index in [4.69, 9.17) is 34.8 Å². The zero-order valence-corrected chi connectivity index (χ0v) is 23.0. The first-order valence-corrected chi connectivity index (χ1v) is 13.0. The number of carbonyl (C=O) groups is 1. The number of rotatable bonds is 11. The van der Waals surface area contributed by atoms with Gasteiger partial charge in [0.25, 0.3) is 5.91 Å². The Bertz CT molecular complexity index is 1140. The first-order valence-electron chi connectivity index (χ1n) is 11.9. The Balaban J connectivity index is 1.58. The fourth-order valence-corrected chi connectivity index (χ4v) is 4.76. The van der Waals surface area contributed by atoms with Crippen molar-refractivity contribution in [3.63, 3.8) is 0 Å². The van der Waals surface area contributed by atoms with Crippen molar-refractivity contribution in [1.29, 1.82) is 0 Å². The number of hydrogen-bond acceptors (Lipinski definition) is 3. The molecule has 1 aromatic heterocycles. The highest BCUT2D eigenvalue weighted by molar-refractivity contribution is 6.43. The quantitative estimate of drug-likeness (QED) is 0.299. The number of anilines is 1. The molecule has 0 saturated heterocycles. The lowest BCUT2D eigenvalue weighted by atomic mass is 10.1. The van der Waals surface area contributed by atoms with E-state index < -0.39 is 0 Å². The lowest BCUT2D eigenvalue weighted by molar-refractivity contribution is 0.0948. The molecule has 3 aromatic rings. The first kappa shape index (κ1) is 27.4. The smallest absolute Gasteiger partial charge is 0.253 e. The second kappa shape index (κ2) is 12.7. The third-order valence-electron chi connectivity index (χ3n) is 6.32. The molecule has 2 aromatic carbocycles. The van der Waals surface area contributed by atoms with Crippen molar-refractivity contribution < 1.29 is 4.79 Å². The number of nitrogens with one attached hydrogen (secondary N) is 1. The monoisotopic (exact) mass is 534 g/mol. The minimum Gasteiger partial charge on any atom is -0.372 e. The number of benzene rings is 2. The lowest BCUT2D eigenvalue weighted by Gasteiger charge is -2.26. The molecular formula is C27H33Cl3N4O. The summed E-state index contributed by atoms with van der Waals surface area (Å²) in [6.07, 6.45) is 0. The predicted octanol–water partition coefficient (Wildman–Crippen LogP) is 6.63. The Kier molecular flexibility index (Phi) is 9.93. The summed E-state index contributed by atoms with van der Waals surface area (Å²) in [4.78, 5) is 17.4. The summed E-state index contributed by atoms with van der Waals surface area (Å²) in [6, 6.07) is 15.3. The largest absolute Gasteiger partial charge is 0.372 e. The second-order valence-corrected chi connectivity index (χ2v) is 9.69. The van der Waals surface area contributed by atoms with Crippen LogP contribution in [-0.2, 0) is 6.54 Å². The topological polar surface area (TPSA) is 40.5 Å². The zero-order valence-electron chi connectivity index (χ0n) is 20.7. The molecule has 1 amide bonds. The minimum atomic E-state index is -0.0520. The van der Waals surface area contributed by atoms with Crippen LogP contribution in [0.3, 0.4) is 0 Å². The molecule has 5 nitrogen and oxygen atoms in total. The molecule has 0 fully saturated rings. The fraction of sp³-hybridized carbons (Fsp3) is 0.370. The Morgan fingerprint density at radius 2 is 1.71 bits per heavy atom. The van der Waals surface area contributed by atoms with Crippen molar-refractivity contribution in [2.24, 2.45) is 0 Å². The molecule has 1 heterocycles. The Morgan fingerprint density at radius 3 is 2.37 bits per heavy atom. The van der Waals surface area contributed by atoms with E-state index in [2.05, 4.69) is 33.5 Å². The molecule has 0 radical (unpaired) electrons. The number of hydrogen-bond donors (Lipinski definition) is 1. The molecule has 0 atom stereocenters. The molecule has 3 rings (SSSR count). The van der Waals surface area contributed by atoms with Crippen LogP contribution in [0.2, 0.25) is 15.1 Å². The van der Waals surface area contributed by atoms with Crippen molar-refractivity contribution in [1.82, 2.24) is 14.8 Å². The van der Waals surface area contributed by atoms with Gasteiger partial charge in [0, 0.05) is 56.2 Å². The van der Waals surface area contributed by atoms with Crippen molar-refractivity contribution in [2.45, 2.75) is 27.3 Å². The average molecular weight is 536 g/mol. The highest BCUT2D eigenvalue weighted by Crippen LogP contribution is 2.31. The van der Waals surface area contributed by atoms with Crippen LogP contribution in [0.15, 0.2) is 48.5 Å². The number of aromatic nitrogens is 1. The van der Waals surface area contributed by atoms with Crippen LogP contribution in [0.4, 0.5) is 5.69 Å². The molecule has 8 heteroatoms. The number of halogens is 3. The molecule has 35 heavy (non-hydrogen) atoms. The van der Waals surface area contributed by atoms with Gasteiger partial charge in [-0.1, -0.05) is 59.9 Å². The van der Waals surface area contributed by atoms with Gasteiger partial charge in [-0.2, -0.15) is 0 Å². The molecule has 1 N–H and O–H groups in total. The minimum absolute atomic E-state index is 0.0520. The second-order valence-electron chi connectivity index (χ2n) is 8.46. The van der Waals surface area contributed by atoms with Gasteiger partial charge in [0.05, 0.1) is 21.3 Å². The molecule has 0 aliphatic heterocycles. The van der Waals surface area contributed by atoms with Crippen LogP contribution in [0.5, 0.6) is 0 Å². The number of nitrogens with zero attached hydrogens (tertiary/aromatic N) is 3. The Hall–Kier alpha value is -2.18. The first-order chi connectivity index (χ1) is 16.8. The summed E-state index contributed by atoms with van der Waals surface area (Å²) >= 11 is 18.6. The Labute approximate surface area is 223 Å². The highest BCUT2D eigenvalue weighted by atomic mass is 35.5. The van der Waals surface area contributed by atoms with Gasteiger partial charge in [0.1, 0.15) is 0 Å². The molecule has 188 valence electrons. The van der Waals surface area contributed by atoms with E-state index in [1.54, 1.807) is 6.07 Å². The van der Waals surface area contributed by atoms with Crippen LogP contribution in [-0.4, -0.2) is 55.1 Å².